The van der Waals surface area contributed by atoms with Crippen LogP contribution in [0.25, 0.3) is 0 Å². The van der Waals surface area contributed by atoms with E-state index < -0.39 is 6.04 Å². The van der Waals surface area contributed by atoms with Crippen molar-refractivity contribution in [2.45, 2.75) is 33.2 Å². The smallest absolute Gasteiger partial charge is 0.255 e. The van der Waals surface area contributed by atoms with Crippen molar-refractivity contribution in [1.82, 2.24) is 14.8 Å². The Bertz CT molecular complexity index is 1230. The molecule has 0 radical (unpaired) electrons. The van der Waals surface area contributed by atoms with Crippen molar-refractivity contribution < 1.29 is 19.0 Å². The van der Waals surface area contributed by atoms with Crippen molar-refractivity contribution in [2.75, 3.05) is 31.5 Å². The molecule has 1 amide bonds. The Labute approximate surface area is 205 Å². The summed E-state index contributed by atoms with van der Waals surface area (Å²) in [5.41, 5.74) is 2.58. The molecule has 2 heterocycles. The van der Waals surface area contributed by atoms with Gasteiger partial charge in [-0.1, -0.05) is 32.0 Å². The van der Waals surface area contributed by atoms with Crippen LogP contribution in [0.5, 0.6) is 17.2 Å². The lowest BCUT2D eigenvalue weighted by Gasteiger charge is -2.29. The average molecular weight is 478 g/mol. The summed E-state index contributed by atoms with van der Waals surface area (Å²) in [6.07, 6.45) is 2.40. The number of rotatable bonds is 9. The van der Waals surface area contributed by atoms with E-state index in [1.807, 2.05) is 37.3 Å². The summed E-state index contributed by atoms with van der Waals surface area (Å²) in [6, 6.07) is 12.4. The van der Waals surface area contributed by atoms with E-state index in [1.165, 1.54) is 6.33 Å². The standard InChI is InChI=1S/C26H31N5O4/c1-16(2)12-13-35-21-11-10-18(14-22(21)34-5)24-23(17(3)29-26-27-15-28-31(24)26)25(32)30-19-8-6-7-9-20(19)33-4/h6-11,14-16,24H,12-13H2,1-5H3,(H,30,32)(H,27,28,29). The first-order chi connectivity index (χ1) is 16.9. The van der Waals surface area contributed by atoms with E-state index in [-0.39, 0.29) is 5.91 Å². The number of carbonyl (C=O) groups is 1. The minimum absolute atomic E-state index is 0.276. The van der Waals surface area contributed by atoms with E-state index in [2.05, 4.69) is 34.6 Å². The molecule has 9 nitrogen and oxygen atoms in total. The quantitative estimate of drug-likeness (QED) is 0.463. The zero-order valence-corrected chi connectivity index (χ0v) is 20.7. The molecular weight excluding hydrogens is 446 g/mol. The Morgan fingerprint density at radius 1 is 1.11 bits per heavy atom. The second kappa shape index (κ2) is 10.5. The van der Waals surface area contributed by atoms with E-state index in [0.29, 0.717) is 52.7 Å². The molecule has 0 bridgehead atoms. The minimum atomic E-state index is -0.526. The van der Waals surface area contributed by atoms with Crippen molar-refractivity contribution in [3.63, 3.8) is 0 Å². The average Bonchev–Trinajstić information content (AvgIpc) is 3.31. The molecule has 184 valence electrons. The van der Waals surface area contributed by atoms with Crippen LogP contribution in [0, 0.1) is 5.92 Å². The summed E-state index contributed by atoms with van der Waals surface area (Å²) >= 11 is 0. The van der Waals surface area contributed by atoms with Gasteiger partial charge >= 0.3 is 0 Å². The molecule has 0 saturated carbocycles. The molecule has 1 unspecified atom stereocenters. The number of allylic oxidation sites excluding steroid dienone is 1. The third-order valence-electron chi connectivity index (χ3n) is 5.85. The number of carbonyl (C=O) groups excluding carboxylic acids is 1. The van der Waals surface area contributed by atoms with Gasteiger partial charge in [0, 0.05) is 5.70 Å². The van der Waals surface area contributed by atoms with Crippen LogP contribution in [0.3, 0.4) is 0 Å². The van der Waals surface area contributed by atoms with Crippen LogP contribution in [0.1, 0.15) is 38.8 Å². The van der Waals surface area contributed by atoms with Crippen LogP contribution in [0.4, 0.5) is 11.6 Å². The van der Waals surface area contributed by atoms with Crippen molar-refractivity contribution in [1.29, 1.82) is 0 Å². The second-order valence-electron chi connectivity index (χ2n) is 8.69. The van der Waals surface area contributed by atoms with Crippen molar-refractivity contribution >= 4 is 17.5 Å². The number of hydrogen-bond donors (Lipinski definition) is 2. The number of para-hydroxylation sites is 2. The van der Waals surface area contributed by atoms with Crippen LogP contribution >= 0.6 is 0 Å². The van der Waals surface area contributed by atoms with E-state index >= 15 is 0 Å². The first kappa shape index (κ1) is 24.1. The minimum Gasteiger partial charge on any atom is -0.495 e. The van der Waals surface area contributed by atoms with Gasteiger partial charge in [0.2, 0.25) is 5.95 Å². The summed E-state index contributed by atoms with van der Waals surface area (Å²) in [6.45, 7) is 6.76. The number of methoxy groups -OCH3 is 2. The fourth-order valence-electron chi connectivity index (χ4n) is 4.01. The van der Waals surface area contributed by atoms with Crippen LogP contribution in [0.15, 0.2) is 60.1 Å². The largest absolute Gasteiger partial charge is 0.495 e. The highest BCUT2D eigenvalue weighted by molar-refractivity contribution is 6.06. The molecular formula is C26H31N5O4. The van der Waals surface area contributed by atoms with Crippen molar-refractivity contribution in [3.05, 3.63) is 65.6 Å². The first-order valence-corrected chi connectivity index (χ1v) is 11.5. The molecule has 0 fully saturated rings. The number of amides is 1. The Morgan fingerprint density at radius 2 is 1.89 bits per heavy atom. The third-order valence-corrected chi connectivity index (χ3v) is 5.85. The highest BCUT2D eigenvalue weighted by atomic mass is 16.5. The molecule has 35 heavy (non-hydrogen) atoms. The Hall–Kier alpha value is -4.01. The summed E-state index contributed by atoms with van der Waals surface area (Å²) < 4.78 is 18.7. The van der Waals surface area contributed by atoms with Crippen LogP contribution in [-0.2, 0) is 4.79 Å². The number of benzene rings is 2. The third kappa shape index (κ3) is 5.08. The lowest BCUT2D eigenvalue weighted by Crippen LogP contribution is -2.31. The van der Waals surface area contributed by atoms with Crippen LogP contribution in [0.2, 0.25) is 0 Å². The van der Waals surface area contributed by atoms with E-state index in [1.54, 1.807) is 31.0 Å². The summed E-state index contributed by atoms with van der Waals surface area (Å²) in [7, 11) is 3.17. The number of ether oxygens (including phenoxy) is 3. The molecule has 4 rings (SSSR count). The second-order valence-corrected chi connectivity index (χ2v) is 8.69. The maximum absolute atomic E-state index is 13.6. The fourth-order valence-corrected chi connectivity index (χ4v) is 4.01. The van der Waals surface area contributed by atoms with Gasteiger partial charge in [-0.3, -0.25) is 4.79 Å². The van der Waals surface area contributed by atoms with Gasteiger partial charge in [-0.15, -0.1) is 0 Å². The predicted molar refractivity (Wildman–Crippen MR) is 134 cm³/mol. The summed E-state index contributed by atoms with van der Waals surface area (Å²) in [5.74, 6) is 2.64. The topological polar surface area (TPSA) is 99.5 Å². The summed E-state index contributed by atoms with van der Waals surface area (Å²) in [4.78, 5) is 17.9. The molecule has 1 aliphatic rings. The molecule has 1 aromatic heterocycles. The maximum Gasteiger partial charge on any atom is 0.255 e. The van der Waals surface area contributed by atoms with Crippen molar-refractivity contribution in [3.8, 4) is 17.2 Å². The van der Waals surface area contributed by atoms with Gasteiger partial charge in [-0.2, -0.15) is 10.1 Å². The van der Waals surface area contributed by atoms with E-state index in [0.717, 1.165) is 12.0 Å². The van der Waals surface area contributed by atoms with E-state index in [9.17, 15) is 4.79 Å². The zero-order chi connectivity index (χ0) is 24.9. The maximum atomic E-state index is 13.6. The van der Waals surface area contributed by atoms with Crippen LogP contribution in [-0.4, -0.2) is 41.5 Å². The lowest BCUT2D eigenvalue weighted by atomic mass is 9.94. The molecule has 0 spiro atoms. The number of aromatic nitrogens is 3. The first-order valence-electron chi connectivity index (χ1n) is 11.5. The molecule has 1 atom stereocenters. The Kier molecular flexibility index (Phi) is 7.24. The van der Waals surface area contributed by atoms with Gasteiger partial charge in [0.15, 0.2) is 11.5 Å². The van der Waals surface area contributed by atoms with Gasteiger partial charge in [-0.05, 0) is 49.1 Å². The van der Waals surface area contributed by atoms with Gasteiger partial charge in [0.1, 0.15) is 18.1 Å². The molecule has 2 N–H and O–H groups in total. The number of anilines is 2. The molecule has 2 aromatic carbocycles. The Balaban J connectivity index is 1.70. The SMILES string of the molecule is COc1ccccc1NC(=O)C1=C(C)Nc2ncnn2C1c1ccc(OCCC(C)C)c(OC)c1. The van der Waals surface area contributed by atoms with Gasteiger partial charge in [-0.25, -0.2) is 4.68 Å². The molecule has 3 aromatic rings. The van der Waals surface area contributed by atoms with E-state index in [4.69, 9.17) is 14.2 Å². The number of fused-ring (bicyclic) bond motifs is 1. The lowest BCUT2D eigenvalue weighted by molar-refractivity contribution is -0.113. The normalized spacial score (nSPS) is 14.9. The molecule has 0 saturated heterocycles. The molecule has 9 heteroatoms. The number of nitrogens with zero attached hydrogens (tertiary/aromatic N) is 3. The number of hydrogen-bond acceptors (Lipinski definition) is 7. The van der Waals surface area contributed by atoms with Crippen molar-refractivity contribution in [2.24, 2.45) is 5.92 Å². The Morgan fingerprint density at radius 3 is 2.63 bits per heavy atom. The summed E-state index contributed by atoms with van der Waals surface area (Å²) in [5, 5.41) is 10.6. The predicted octanol–water partition coefficient (Wildman–Crippen LogP) is 4.65. The highest BCUT2D eigenvalue weighted by Crippen LogP contribution is 2.39. The number of nitrogens with one attached hydrogen (secondary N) is 2. The monoisotopic (exact) mass is 477 g/mol. The van der Waals surface area contributed by atoms with Gasteiger partial charge < -0.3 is 24.8 Å². The molecule has 0 aliphatic carbocycles. The molecule has 1 aliphatic heterocycles. The van der Waals surface area contributed by atoms with Gasteiger partial charge in [0.25, 0.3) is 5.91 Å². The fraction of sp³-hybridized carbons (Fsp3) is 0.346. The van der Waals surface area contributed by atoms with Gasteiger partial charge in [0.05, 0.1) is 32.1 Å². The highest BCUT2D eigenvalue weighted by Gasteiger charge is 2.34. The van der Waals surface area contributed by atoms with Crippen LogP contribution < -0.4 is 24.8 Å². The zero-order valence-electron chi connectivity index (χ0n) is 20.7.